The lowest BCUT2D eigenvalue weighted by molar-refractivity contribution is -0.142. The van der Waals surface area contributed by atoms with Crippen molar-refractivity contribution < 1.29 is 14.3 Å². The molecule has 0 spiro atoms. The van der Waals surface area contributed by atoms with Gasteiger partial charge in [-0.25, -0.2) is 0 Å². The van der Waals surface area contributed by atoms with Crippen LogP contribution in [0.25, 0.3) is 0 Å². The van der Waals surface area contributed by atoms with Crippen LogP contribution in [-0.4, -0.2) is 33.9 Å². The van der Waals surface area contributed by atoms with Crippen molar-refractivity contribution in [2.45, 2.75) is 38.1 Å². The summed E-state index contributed by atoms with van der Waals surface area (Å²) in [5.41, 5.74) is 0.00597. The molecule has 0 radical (unpaired) electrons. The summed E-state index contributed by atoms with van der Waals surface area (Å²) < 4.78 is 13.3. The molecule has 2 aromatic rings. The van der Waals surface area contributed by atoms with E-state index in [-0.39, 0.29) is 5.91 Å². The largest absolute Gasteiger partial charge is 0.372 e. The van der Waals surface area contributed by atoms with Gasteiger partial charge in [-0.2, -0.15) is 0 Å². The van der Waals surface area contributed by atoms with Gasteiger partial charge in [-0.15, -0.1) is 10.2 Å². The Labute approximate surface area is 140 Å². The number of amides is 1. The number of fused-ring (bicyclic) bond motifs is 1. The minimum atomic E-state index is -0.894. The third-order valence-corrected chi connectivity index (χ3v) is 4.63. The molecule has 1 amide bonds. The molecule has 1 aromatic heterocycles. The Balaban J connectivity index is 1.51. The van der Waals surface area contributed by atoms with E-state index in [1.165, 1.54) is 0 Å². The summed E-state index contributed by atoms with van der Waals surface area (Å²) in [7, 11) is 0. The van der Waals surface area contributed by atoms with Crippen LogP contribution in [0.1, 0.15) is 30.1 Å². The second-order valence-corrected chi connectivity index (χ2v) is 6.06. The number of carbonyl (C=O) groups excluding carboxylic acids is 1. The van der Waals surface area contributed by atoms with E-state index in [0.29, 0.717) is 39.3 Å². The van der Waals surface area contributed by atoms with E-state index in [0.717, 1.165) is 23.6 Å². The quantitative estimate of drug-likeness (QED) is 0.910. The van der Waals surface area contributed by atoms with E-state index < -0.39 is 5.60 Å². The Morgan fingerprint density at radius 1 is 1.25 bits per heavy atom. The zero-order valence-corrected chi connectivity index (χ0v) is 13.4. The minimum Gasteiger partial charge on any atom is -0.372 e. The molecular weight excluding hydrogens is 308 g/mol. The van der Waals surface area contributed by atoms with Gasteiger partial charge in [0.25, 0.3) is 5.91 Å². The van der Waals surface area contributed by atoms with E-state index >= 15 is 0 Å². The number of rotatable bonds is 4. The van der Waals surface area contributed by atoms with Gasteiger partial charge < -0.3 is 19.4 Å². The van der Waals surface area contributed by atoms with Crippen molar-refractivity contribution in [1.29, 1.82) is 0 Å². The van der Waals surface area contributed by atoms with Gasteiger partial charge in [-0.3, -0.25) is 4.79 Å². The SMILES string of the molecule is O=C(NCc1nnc2n1CCOC2)[C@]1(c2ccccc2)CCCO1. The number of carbonyl (C=O) groups is 1. The van der Waals surface area contributed by atoms with Crippen molar-refractivity contribution in [2.24, 2.45) is 0 Å². The van der Waals surface area contributed by atoms with Gasteiger partial charge >= 0.3 is 0 Å². The maximum absolute atomic E-state index is 12.9. The van der Waals surface area contributed by atoms with Gasteiger partial charge in [0.15, 0.2) is 17.2 Å². The first-order chi connectivity index (χ1) is 11.8. The van der Waals surface area contributed by atoms with E-state index in [1.54, 1.807) is 0 Å². The van der Waals surface area contributed by atoms with Crippen LogP contribution in [0.2, 0.25) is 0 Å². The Morgan fingerprint density at radius 2 is 2.12 bits per heavy atom. The summed E-state index contributed by atoms with van der Waals surface area (Å²) >= 11 is 0. The van der Waals surface area contributed by atoms with Gasteiger partial charge in [0.05, 0.1) is 13.2 Å². The number of benzene rings is 1. The fraction of sp³-hybridized carbons (Fsp3) is 0.471. The zero-order chi connectivity index (χ0) is 16.4. The Kier molecular flexibility index (Phi) is 4.03. The lowest BCUT2D eigenvalue weighted by Gasteiger charge is -2.27. The third kappa shape index (κ3) is 2.59. The van der Waals surface area contributed by atoms with Crippen molar-refractivity contribution in [3.63, 3.8) is 0 Å². The van der Waals surface area contributed by atoms with E-state index in [2.05, 4.69) is 15.5 Å². The van der Waals surface area contributed by atoms with Gasteiger partial charge in [-0.1, -0.05) is 30.3 Å². The normalized spacial score (nSPS) is 23.0. The summed E-state index contributed by atoms with van der Waals surface area (Å²) in [5.74, 6) is 1.44. The van der Waals surface area contributed by atoms with Gasteiger partial charge in [0, 0.05) is 13.2 Å². The van der Waals surface area contributed by atoms with Crippen LogP contribution in [0.15, 0.2) is 30.3 Å². The van der Waals surface area contributed by atoms with E-state index in [9.17, 15) is 4.79 Å². The highest BCUT2D eigenvalue weighted by atomic mass is 16.5. The van der Waals surface area contributed by atoms with Crippen molar-refractivity contribution in [1.82, 2.24) is 20.1 Å². The van der Waals surface area contributed by atoms with Crippen LogP contribution < -0.4 is 5.32 Å². The molecule has 1 aromatic carbocycles. The molecule has 126 valence electrons. The molecule has 7 nitrogen and oxygen atoms in total. The summed E-state index contributed by atoms with van der Waals surface area (Å²) in [4.78, 5) is 12.9. The Bertz CT molecular complexity index is 723. The molecule has 7 heteroatoms. The van der Waals surface area contributed by atoms with E-state index in [4.69, 9.17) is 9.47 Å². The smallest absolute Gasteiger partial charge is 0.257 e. The van der Waals surface area contributed by atoms with Crippen molar-refractivity contribution in [2.75, 3.05) is 13.2 Å². The number of hydrogen-bond donors (Lipinski definition) is 1. The average molecular weight is 328 g/mol. The Morgan fingerprint density at radius 3 is 2.92 bits per heavy atom. The van der Waals surface area contributed by atoms with Crippen molar-refractivity contribution in [3.8, 4) is 0 Å². The van der Waals surface area contributed by atoms with Crippen molar-refractivity contribution >= 4 is 5.91 Å². The zero-order valence-electron chi connectivity index (χ0n) is 13.4. The average Bonchev–Trinajstić information content (AvgIpc) is 3.29. The van der Waals surface area contributed by atoms with Gasteiger partial charge in [0.2, 0.25) is 0 Å². The molecule has 1 N–H and O–H groups in total. The van der Waals surface area contributed by atoms with Crippen molar-refractivity contribution in [3.05, 3.63) is 47.5 Å². The summed E-state index contributed by atoms with van der Waals surface area (Å²) in [5, 5.41) is 11.3. The molecule has 1 saturated heterocycles. The molecule has 1 fully saturated rings. The van der Waals surface area contributed by atoms with E-state index in [1.807, 2.05) is 34.9 Å². The summed E-state index contributed by atoms with van der Waals surface area (Å²) in [6.07, 6.45) is 1.56. The molecule has 3 heterocycles. The second kappa shape index (κ2) is 6.33. The van der Waals surface area contributed by atoms with Gasteiger partial charge in [-0.05, 0) is 18.4 Å². The highest BCUT2D eigenvalue weighted by Gasteiger charge is 2.44. The molecule has 0 aliphatic carbocycles. The first-order valence-electron chi connectivity index (χ1n) is 8.26. The first-order valence-corrected chi connectivity index (χ1v) is 8.26. The fourth-order valence-corrected chi connectivity index (χ4v) is 3.37. The summed E-state index contributed by atoms with van der Waals surface area (Å²) in [6.45, 7) is 2.76. The lowest BCUT2D eigenvalue weighted by atomic mass is 9.90. The number of hydrogen-bond acceptors (Lipinski definition) is 5. The maximum Gasteiger partial charge on any atom is 0.257 e. The maximum atomic E-state index is 12.9. The van der Waals surface area contributed by atoms with Crippen LogP contribution >= 0.6 is 0 Å². The second-order valence-electron chi connectivity index (χ2n) is 6.06. The van der Waals surface area contributed by atoms with Crippen LogP contribution in [0.5, 0.6) is 0 Å². The van der Waals surface area contributed by atoms with Crippen LogP contribution in [0, 0.1) is 0 Å². The number of nitrogens with zero attached hydrogens (tertiary/aromatic N) is 3. The van der Waals surface area contributed by atoms with Crippen LogP contribution in [0.3, 0.4) is 0 Å². The van der Waals surface area contributed by atoms with Crippen LogP contribution in [0.4, 0.5) is 0 Å². The highest BCUT2D eigenvalue weighted by Crippen LogP contribution is 2.36. The standard InChI is InChI=1S/C17H20N4O3/c22-16(17(7-4-9-24-17)13-5-2-1-3-6-13)18-11-14-19-20-15-12-23-10-8-21(14)15/h1-3,5-6H,4,7-12H2,(H,18,22)/t17-/m1/s1. The summed E-state index contributed by atoms with van der Waals surface area (Å²) in [6, 6.07) is 9.69. The topological polar surface area (TPSA) is 78.3 Å². The first kappa shape index (κ1) is 15.3. The van der Waals surface area contributed by atoms with Gasteiger partial charge in [0.1, 0.15) is 6.61 Å². The lowest BCUT2D eigenvalue weighted by Crippen LogP contribution is -2.44. The molecule has 2 aliphatic rings. The minimum absolute atomic E-state index is 0.115. The van der Waals surface area contributed by atoms with Crippen LogP contribution in [-0.2, 0) is 39.6 Å². The molecule has 4 rings (SSSR count). The molecule has 0 saturated carbocycles. The molecule has 1 atom stereocenters. The number of aromatic nitrogens is 3. The predicted molar refractivity (Wildman–Crippen MR) is 84.8 cm³/mol. The monoisotopic (exact) mass is 328 g/mol. The number of nitrogens with one attached hydrogen (secondary N) is 1. The molecule has 0 bridgehead atoms. The predicted octanol–water partition coefficient (Wildman–Crippen LogP) is 1.13. The molecule has 0 unspecified atom stereocenters. The molecule has 2 aliphatic heterocycles. The highest BCUT2D eigenvalue weighted by molar-refractivity contribution is 5.86. The fourth-order valence-electron chi connectivity index (χ4n) is 3.37. The number of ether oxygens (including phenoxy) is 2. The molecular formula is C17H20N4O3. The molecule has 24 heavy (non-hydrogen) atoms. The third-order valence-electron chi connectivity index (χ3n) is 4.63. The Hall–Kier alpha value is -2.25.